The highest BCUT2D eigenvalue weighted by atomic mass is 16.2. The zero-order valence-corrected chi connectivity index (χ0v) is 15.9. The molecule has 4 heterocycles. The number of amides is 1. The van der Waals surface area contributed by atoms with Crippen molar-refractivity contribution in [2.24, 2.45) is 0 Å². The summed E-state index contributed by atoms with van der Waals surface area (Å²) in [7, 11) is 0. The Bertz CT molecular complexity index is 1370. The number of rotatable bonds is 3. The van der Waals surface area contributed by atoms with E-state index in [9.17, 15) is 4.79 Å². The fourth-order valence-electron chi connectivity index (χ4n) is 3.29. The minimum atomic E-state index is -0.421. The summed E-state index contributed by atoms with van der Waals surface area (Å²) >= 11 is 0. The van der Waals surface area contributed by atoms with Gasteiger partial charge in [0.15, 0.2) is 0 Å². The van der Waals surface area contributed by atoms with Crippen LogP contribution in [-0.2, 0) is 0 Å². The maximum absolute atomic E-state index is 13.0. The summed E-state index contributed by atoms with van der Waals surface area (Å²) in [5.74, 6) is 0.583. The lowest BCUT2D eigenvalue weighted by Gasteiger charge is -2.06. The number of imidazole rings is 1. The summed E-state index contributed by atoms with van der Waals surface area (Å²) in [6.45, 7) is 3.87. The van der Waals surface area contributed by atoms with Crippen LogP contribution < -0.4 is 5.32 Å². The van der Waals surface area contributed by atoms with E-state index in [4.69, 9.17) is 4.98 Å². The minimum Gasteiger partial charge on any atom is -0.303 e. The van der Waals surface area contributed by atoms with Crippen LogP contribution >= 0.6 is 0 Å². The van der Waals surface area contributed by atoms with Gasteiger partial charge in [-0.2, -0.15) is 4.98 Å². The first kappa shape index (κ1) is 17.1. The molecule has 1 amide bonds. The molecule has 5 aromatic rings. The molecule has 0 aliphatic carbocycles. The molecule has 5 rings (SSSR count). The molecule has 0 saturated carbocycles. The third-order valence-electron chi connectivity index (χ3n) is 4.76. The third-order valence-corrected chi connectivity index (χ3v) is 4.76. The topological polar surface area (TPSA) is 89.5 Å². The van der Waals surface area contributed by atoms with Crippen molar-refractivity contribution in [2.75, 3.05) is 5.32 Å². The highest BCUT2D eigenvalue weighted by Gasteiger charge is 2.21. The summed E-state index contributed by atoms with van der Waals surface area (Å²) in [5, 5.41) is 7.25. The van der Waals surface area contributed by atoms with Crippen LogP contribution in [0.2, 0.25) is 0 Å². The molecule has 29 heavy (non-hydrogen) atoms. The summed E-state index contributed by atoms with van der Waals surface area (Å²) in [5.41, 5.74) is 4.23. The molecule has 0 atom stereocenters. The molecule has 0 fully saturated rings. The molecule has 0 spiro atoms. The number of carbonyl (C=O) groups is 1. The molecule has 0 aliphatic heterocycles. The van der Waals surface area contributed by atoms with E-state index in [0.717, 1.165) is 22.5 Å². The number of pyridine rings is 1. The van der Waals surface area contributed by atoms with Gasteiger partial charge in [-0.1, -0.05) is 36.4 Å². The van der Waals surface area contributed by atoms with Crippen LogP contribution in [0.1, 0.15) is 21.9 Å². The number of fused-ring (bicyclic) bond motifs is 2. The molecule has 142 valence electrons. The zero-order valence-electron chi connectivity index (χ0n) is 15.9. The van der Waals surface area contributed by atoms with Gasteiger partial charge in [-0.3, -0.25) is 9.20 Å². The standard InChI is InChI=1S/C21H17N7O/c1-13-7-6-12-27-18(13)23-16(15-8-4-3-5-9-15)19(27)25-20(29)17-24-21-22-11-10-14(2)28(21)26-17/h3-12H,1-2H3,(H,25,29). The predicted octanol–water partition coefficient (Wildman–Crippen LogP) is 3.31. The lowest BCUT2D eigenvalue weighted by molar-refractivity contribution is 0.101. The average Bonchev–Trinajstić information content (AvgIpc) is 3.33. The number of hydrogen-bond donors (Lipinski definition) is 1. The summed E-state index contributed by atoms with van der Waals surface area (Å²) in [6.07, 6.45) is 3.52. The number of benzene rings is 1. The van der Waals surface area contributed by atoms with E-state index in [0.29, 0.717) is 17.3 Å². The Morgan fingerprint density at radius 2 is 1.83 bits per heavy atom. The monoisotopic (exact) mass is 383 g/mol. The molecule has 1 N–H and O–H groups in total. The molecular weight excluding hydrogens is 366 g/mol. The molecule has 8 heteroatoms. The molecule has 0 unspecified atom stereocenters. The van der Waals surface area contributed by atoms with Crippen molar-refractivity contribution in [3.05, 3.63) is 78.0 Å². The van der Waals surface area contributed by atoms with Gasteiger partial charge in [0.2, 0.25) is 5.82 Å². The predicted molar refractivity (Wildman–Crippen MR) is 109 cm³/mol. The van der Waals surface area contributed by atoms with Crippen LogP contribution in [0.3, 0.4) is 0 Å². The van der Waals surface area contributed by atoms with Crippen molar-refractivity contribution < 1.29 is 4.79 Å². The first-order chi connectivity index (χ1) is 14.1. The molecule has 0 bridgehead atoms. The van der Waals surface area contributed by atoms with Crippen LogP contribution in [-0.4, -0.2) is 34.9 Å². The van der Waals surface area contributed by atoms with Gasteiger partial charge in [0, 0.05) is 23.7 Å². The normalized spacial score (nSPS) is 11.2. The Morgan fingerprint density at radius 1 is 1.00 bits per heavy atom. The number of carbonyl (C=O) groups excluding carboxylic acids is 1. The zero-order chi connectivity index (χ0) is 20.0. The number of nitrogens with one attached hydrogen (secondary N) is 1. The van der Waals surface area contributed by atoms with E-state index < -0.39 is 5.91 Å². The van der Waals surface area contributed by atoms with Crippen molar-refractivity contribution >= 4 is 23.1 Å². The lowest BCUT2D eigenvalue weighted by atomic mass is 10.1. The van der Waals surface area contributed by atoms with Gasteiger partial charge in [-0.05, 0) is 31.5 Å². The van der Waals surface area contributed by atoms with Gasteiger partial charge < -0.3 is 5.32 Å². The summed E-state index contributed by atoms with van der Waals surface area (Å²) in [4.78, 5) is 26.2. The Hall–Kier alpha value is -4.07. The SMILES string of the molecule is Cc1cccn2c(NC(=O)c3nc4nccc(C)n4n3)c(-c3ccccc3)nc12. The maximum Gasteiger partial charge on any atom is 0.296 e. The second kappa shape index (κ2) is 6.52. The van der Waals surface area contributed by atoms with Crippen LogP contribution in [0.5, 0.6) is 0 Å². The highest BCUT2D eigenvalue weighted by Crippen LogP contribution is 2.30. The number of aryl methyl sites for hydroxylation is 2. The van der Waals surface area contributed by atoms with Gasteiger partial charge >= 0.3 is 0 Å². The van der Waals surface area contributed by atoms with Crippen LogP contribution in [0.15, 0.2) is 60.9 Å². The van der Waals surface area contributed by atoms with Gasteiger partial charge in [0.1, 0.15) is 17.2 Å². The fraction of sp³-hybridized carbons (Fsp3) is 0.0952. The molecule has 4 aromatic heterocycles. The van der Waals surface area contributed by atoms with Gasteiger partial charge in [-0.15, -0.1) is 5.10 Å². The number of hydrogen-bond acceptors (Lipinski definition) is 5. The van der Waals surface area contributed by atoms with Crippen LogP contribution in [0.4, 0.5) is 5.82 Å². The van der Waals surface area contributed by atoms with Crippen molar-refractivity contribution in [1.82, 2.24) is 29.0 Å². The Labute approximate surface area is 165 Å². The second-order valence-corrected chi connectivity index (χ2v) is 6.75. The van der Waals surface area contributed by atoms with Crippen molar-refractivity contribution in [3.8, 4) is 11.3 Å². The molecule has 0 radical (unpaired) electrons. The molecular formula is C21H17N7O. The van der Waals surface area contributed by atoms with E-state index >= 15 is 0 Å². The second-order valence-electron chi connectivity index (χ2n) is 6.75. The third kappa shape index (κ3) is 2.82. The number of aromatic nitrogens is 6. The Kier molecular flexibility index (Phi) is 3.83. The average molecular weight is 383 g/mol. The lowest BCUT2D eigenvalue weighted by Crippen LogP contribution is -2.16. The van der Waals surface area contributed by atoms with E-state index in [2.05, 4.69) is 20.4 Å². The van der Waals surface area contributed by atoms with Crippen molar-refractivity contribution in [3.63, 3.8) is 0 Å². The highest BCUT2D eigenvalue weighted by molar-refractivity contribution is 6.03. The van der Waals surface area contributed by atoms with E-state index in [1.807, 2.05) is 73.0 Å². The largest absolute Gasteiger partial charge is 0.303 e. The molecule has 1 aromatic carbocycles. The molecule has 0 aliphatic rings. The first-order valence-corrected chi connectivity index (χ1v) is 9.14. The summed E-state index contributed by atoms with van der Waals surface area (Å²) in [6, 6.07) is 15.5. The number of anilines is 1. The quantitative estimate of drug-likeness (QED) is 0.516. The van der Waals surface area contributed by atoms with Crippen LogP contribution in [0.25, 0.3) is 22.7 Å². The van der Waals surface area contributed by atoms with E-state index in [1.54, 1.807) is 10.7 Å². The summed E-state index contributed by atoms with van der Waals surface area (Å²) < 4.78 is 3.42. The van der Waals surface area contributed by atoms with E-state index in [-0.39, 0.29) is 5.82 Å². The first-order valence-electron chi connectivity index (χ1n) is 9.14. The van der Waals surface area contributed by atoms with Crippen molar-refractivity contribution in [1.29, 1.82) is 0 Å². The van der Waals surface area contributed by atoms with Gasteiger partial charge in [-0.25, -0.2) is 14.5 Å². The smallest absolute Gasteiger partial charge is 0.296 e. The molecule has 0 saturated heterocycles. The Balaban J connectivity index is 1.63. The fourth-order valence-corrected chi connectivity index (χ4v) is 3.29. The van der Waals surface area contributed by atoms with Crippen molar-refractivity contribution in [2.45, 2.75) is 13.8 Å². The van der Waals surface area contributed by atoms with Crippen LogP contribution in [0, 0.1) is 13.8 Å². The Morgan fingerprint density at radius 3 is 2.62 bits per heavy atom. The minimum absolute atomic E-state index is 0.0495. The van der Waals surface area contributed by atoms with Gasteiger partial charge in [0.25, 0.3) is 11.7 Å². The molecule has 8 nitrogen and oxygen atoms in total. The van der Waals surface area contributed by atoms with E-state index in [1.165, 1.54) is 0 Å². The maximum atomic E-state index is 13.0. The van der Waals surface area contributed by atoms with Gasteiger partial charge in [0.05, 0.1) is 0 Å². The number of nitrogens with zero attached hydrogens (tertiary/aromatic N) is 6.